The summed E-state index contributed by atoms with van der Waals surface area (Å²) in [5.74, 6) is 1.61. The monoisotopic (exact) mass is 404 g/mol. The molecule has 0 heterocycles. The fourth-order valence-corrected chi connectivity index (χ4v) is 3.72. The van der Waals surface area contributed by atoms with E-state index in [9.17, 15) is 9.59 Å². The Morgan fingerprint density at radius 2 is 1.43 bits per heavy atom. The Morgan fingerprint density at radius 1 is 0.893 bits per heavy atom. The summed E-state index contributed by atoms with van der Waals surface area (Å²) in [4.78, 5) is 23.3. The summed E-state index contributed by atoms with van der Waals surface area (Å²) in [5, 5.41) is 0. The predicted octanol–water partition coefficient (Wildman–Crippen LogP) is 6.54. The number of hydrogen-bond acceptors (Lipinski definition) is 4. The number of ether oxygens (including phenoxy) is 1. The molecule has 0 bridgehead atoms. The highest BCUT2D eigenvalue weighted by Crippen LogP contribution is 2.14. The SMILES string of the molecule is C=C(C)C(=O)OCCCCCCCCCCCSCC(=O)c1ccc(C)cc1. The molecule has 1 aromatic rings. The van der Waals surface area contributed by atoms with Gasteiger partial charge in [-0.1, -0.05) is 81.4 Å². The number of esters is 1. The van der Waals surface area contributed by atoms with Crippen molar-refractivity contribution in [1.82, 2.24) is 0 Å². The van der Waals surface area contributed by atoms with E-state index in [1.807, 2.05) is 31.2 Å². The number of carbonyl (C=O) groups is 2. The highest BCUT2D eigenvalue weighted by Gasteiger charge is 2.05. The van der Waals surface area contributed by atoms with E-state index in [2.05, 4.69) is 6.58 Å². The Kier molecular flexibility index (Phi) is 13.5. The number of Topliss-reactive ketones (excluding diaryl/α,β-unsaturated/α-hetero) is 1. The molecule has 0 spiro atoms. The van der Waals surface area contributed by atoms with Gasteiger partial charge in [0.1, 0.15) is 0 Å². The average molecular weight is 405 g/mol. The van der Waals surface area contributed by atoms with Crippen LogP contribution in [0.15, 0.2) is 36.4 Å². The third-order valence-electron chi connectivity index (χ3n) is 4.62. The van der Waals surface area contributed by atoms with Gasteiger partial charge in [0, 0.05) is 11.1 Å². The lowest BCUT2D eigenvalue weighted by molar-refractivity contribution is -0.139. The molecule has 0 unspecified atom stereocenters. The number of aryl methyl sites for hydroxylation is 1. The maximum Gasteiger partial charge on any atom is 0.333 e. The first-order valence-electron chi connectivity index (χ1n) is 10.5. The summed E-state index contributed by atoms with van der Waals surface area (Å²) < 4.78 is 5.08. The number of rotatable bonds is 16. The van der Waals surface area contributed by atoms with E-state index in [0.29, 0.717) is 17.9 Å². The summed E-state index contributed by atoms with van der Waals surface area (Å²) in [6.07, 6.45) is 10.8. The minimum atomic E-state index is -0.280. The first kappa shape index (κ1) is 24.5. The van der Waals surface area contributed by atoms with E-state index in [1.54, 1.807) is 18.7 Å². The maximum atomic E-state index is 12.1. The van der Waals surface area contributed by atoms with E-state index >= 15 is 0 Å². The van der Waals surface area contributed by atoms with Gasteiger partial charge in [-0.2, -0.15) is 11.8 Å². The maximum absolute atomic E-state index is 12.1. The van der Waals surface area contributed by atoms with Crippen molar-refractivity contribution in [3.05, 3.63) is 47.5 Å². The van der Waals surface area contributed by atoms with Crippen LogP contribution >= 0.6 is 11.8 Å². The highest BCUT2D eigenvalue weighted by molar-refractivity contribution is 7.99. The minimum absolute atomic E-state index is 0.236. The van der Waals surface area contributed by atoms with Gasteiger partial charge in [0.15, 0.2) is 5.78 Å². The molecule has 0 atom stereocenters. The summed E-state index contributed by atoms with van der Waals surface area (Å²) in [5.41, 5.74) is 2.48. The number of hydrogen-bond donors (Lipinski definition) is 0. The van der Waals surface area contributed by atoms with Crippen molar-refractivity contribution in [3.8, 4) is 0 Å². The van der Waals surface area contributed by atoms with Gasteiger partial charge in [-0.15, -0.1) is 0 Å². The number of thioether (sulfide) groups is 1. The third-order valence-corrected chi connectivity index (χ3v) is 5.66. The van der Waals surface area contributed by atoms with Crippen LogP contribution in [0.4, 0.5) is 0 Å². The summed E-state index contributed by atoms with van der Waals surface area (Å²) in [6, 6.07) is 7.84. The zero-order valence-electron chi connectivity index (χ0n) is 17.6. The zero-order chi connectivity index (χ0) is 20.6. The molecule has 1 aromatic carbocycles. The Bertz CT molecular complexity index is 592. The van der Waals surface area contributed by atoms with Crippen LogP contribution in [0.1, 0.15) is 80.6 Å². The lowest BCUT2D eigenvalue weighted by atomic mass is 10.1. The number of carbonyl (C=O) groups excluding carboxylic acids is 2. The molecule has 0 fully saturated rings. The smallest absolute Gasteiger partial charge is 0.333 e. The van der Waals surface area contributed by atoms with Crippen molar-refractivity contribution < 1.29 is 14.3 Å². The van der Waals surface area contributed by atoms with E-state index in [0.717, 1.165) is 24.2 Å². The van der Waals surface area contributed by atoms with Crippen molar-refractivity contribution >= 4 is 23.5 Å². The molecular weight excluding hydrogens is 368 g/mol. The van der Waals surface area contributed by atoms with Gasteiger partial charge in [0.2, 0.25) is 0 Å². The summed E-state index contributed by atoms with van der Waals surface area (Å²) in [6.45, 7) is 7.78. The van der Waals surface area contributed by atoms with Crippen LogP contribution in [0.3, 0.4) is 0 Å². The van der Waals surface area contributed by atoms with Gasteiger partial charge in [-0.05, 0) is 32.4 Å². The fraction of sp³-hybridized carbons (Fsp3) is 0.583. The second-order valence-electron chi connectivity index (χ2n) is 7.44. The molecule has 0 aliphatic rings. The quantitative estimate of drug-likeness (QED) is 0.136. The lowest BCUT2D eigenvalue weighted by Gasteiger charge is -2.05. The molecule has 3 nitrogen and oxygen atoms in total. The molecule has 0 radical (unpaired) electrons. The van der Waals surface area contributed by atoms with Gasteiger partial charge < -0.3 is 4.74 Å². The first-order valence-corrected chi connectivity index (χ1v) is 11.7. The van der Waals surface area contributed by atoms with Crippen molar-refractivity contribution in [1.29, 1.82) is 0 Å². The minimum Gasteiger partial charge on any atom is -0.462 e. The predicted molar refractivity (Wildman–Crippen MR) is 120 cm³/mol. The fourth-order valence-electron chi connectivity index (χ4n) is 2.82. The molecule has 156 valence electrons. The molecule has 1 rings (SSSR count). The van der Waals surface area contributed by atoms with E-state index < -0.39 is 0 Å². The Balaban J connectivity index is 1.84. The normalized spacial score (nSPS) is 10.6. The van der Waals surface area contributed by atoms with Crippen molar-refractivity contribution in [2.45, 2.75) is 71.6 Å². The molecular formula is C24H36O3S. The van der Waals surface area contributed by atoms with Gasteiger partial charge in [0.05, 0.1) is 12.4 Å². The van der Waals surface area contributed by atoms with Crippen LogP contribution in [0.25, 0.3) is 0 Å². The van der Waals surface area contributed by atoms with Gasteiger partial charge in [-0.3, -0.25) is 4.79 Å². The molecule has 4 heteroatoms. The third kappa shape index (κ3) is 12.0. The Hall–Kier alpha value is -1.55. The van der Waals surface area contributed by atoms with E-state index in [1.165, 1.54) is 50.5 Å². The highest BCUT2D eigenvalue weighted by atomic mass is 32.2. The largest absolute Gasteiger partial charge is 0.462 e. The van der Waals surface area contributed by atoms with Crippen LogP contribution < -0.4 is 0 Å². The van der Waals surface area contributed by atoms with Crippen molar-refractivity contribution in [2.24, 2.45) is 0 Å². The van der Waals surface area contributed by atoms with Gasteiger partial charge >= 0.3 is 5.97 Å². The van der Waals surface area contributed by atoms with Crippen LogP contribution in [0, 0.1) is 6.92 Å². The summed E-state index contributed by atoms with van der Waals surface area (Å²) >= 11 is 1.75. The molecule has 0 aliphatic heterocycles. The Morgan fingerprint density at radius 3 is 2.00 bits per heavy atom. The molecule has 28 heavy (non-hydrogen) atoms. The van der Waals surface area contributed by atoms with Gasteiger partial charge in [0.25, 0.3) is 0 Å². The number of ketones is 1. The van der Waals surface area contributed by atoms with Gasteiger partial charge in [-0.25, -0.2) is 4.79 Å². The van der Waals surface area contributed by atoms with Crippen molar-refractivity contribution in [3.63, 3.8) is 0 Å². The average Bonchev–Trinajstić information content (AvgIpc) is 2.68. The lowest BCUT2D eigenvalue weighted by Crippen LogP contribution is -2.05. The number of benzene rings is 1. The Labute approximate surface area is 175 Å². The van der Waals surface area contributed by atoms with Crippen molar-refractivity contribution in [2.75, 3.05) is 18.1 Å². The zero-order valence-corrected chi connectivity index (χ0v) is 18.5. The molecule has 0 amide bonds. The molecule has 0 saturated carbocycles. The second-order valence-corrected chi connectivity index (χ2v) is 8.55. The molecule has 0 aromatic heterocycles. The van der Waals surface area contributed by atoms with Crippen LogP contribution in [0.2, 0.25) is 0 Å². The number of unbranched alkanes of at least 4 members (excludes halogenated alkanes) is 8. The van der Waals surface area contributed by atoms with E-state index in [-0.39, 0.29) is 11.8 Å². The van der Waals surface area contributed by atoms with Crippen LogP contribution in [0.5, 0.6) is 0 Å². The molecule has 0 saturated heterocycles. The topological polar surface area (TPSA) is 43.4 Å². The molecule has 0 aliphatic carbocycles. The molecule has 0 N–H and O–H groups in total. The first-order chi connectivity index (χ1) is 13.5. The summed E-state index contributed by atoms with van der Waals surface area (Å²) in [7, 11) is 0. The van der Waals surface area contributed by atoms with Crippen LogP contribution in [-0.4, -0.2) is 29.9 Å². The van der Waals surface area contributed by atoms with E-state index in [4.69, 9.17) is 4.74 Å². The van der Waals surface area contributed by atoms with Crippen LogP contribution in [-0.2, 0) is 9.53 Å². The standard InChI is InChI=1S/C24H36O3S/c1-20(2)24(26)27-17-11-9-7-5-4-6-8-10-12-18-28-19-23(25)22-15-13-21(3)14-16-22/h13-16H,1,4-12,17-19H2,2-3H3. The second kappa shape index (κ2) is 15.4.